The molecule has 4 heteroatoms. The highest BCUT2D eigenvalue weighted by molar-refractivity contribution is 5.92. The van der Waals surface area contributed by atoms with Crippen molar-refractivity contribution >= 4 is 16.9 Å². The summed E-state index contributed by atoms with van der Waals surface area (Å²) in [5, 5.41) is 9.59. The van der Waals surface area contributed by atoms with Crippen LogP contribution in [0.5, 0.6) is 0 Å². The van der Waals surface area contributed by atoms with Crippen LogP contribution in [0.4, 0.5) is 0 Å². The van der Waals surface area contributed by atoms with Crippen LogP contribution in [-0.4, -0.2) is 23.8 Å². The summed E-state index contributed by atoms with van der Waals surface area (Å²) in [5.74, 6) is -0.307. The molecule has 0 radical (unpaired) electrons. The highest BCUT2D eigenvalue weighted by Gasteiger charge is 2.16. The van der Waals surface area contributed by atoms with Gasteiger partial charge in [-0.25, -0.2) is 4.79 Å². The third-order valence-corrected chi connectivity index (χ3v) is 2.47. The Hall–Kier alpha value is -1.81. The SMILES string of the molecule is CC(CCO)OC(=O)c1cc2ccccc2o1. The van der Waals surface area contributed by atoms with Crippen molar-refractivity contribution in [3.05, 3.63) is 36.1 Å². The lowest BCUT2D eigenvalue weighted by Crippen LogP contribution is -2.15. The molecule has 17 heavy (non-hydrogen) atoms. The van der Waals surface area contributed by atoms with Gasteiger partial charge in [0.05, 0.1) is 0 Å². The van der Waals surface area contributed by atoms with E-state index >= 15 is 0 Å². The molecule has 2 rings (SSSR count). The zero-order chi connectivity index (χ0) is 12.3. The molecule has 0 saturated heterocycles. The van der Waals surface area contributed by atoms with Crippen LogP contribution in [0.3, 0.4) is 0 Å². The van der Waals surface area contributed by atoms with E-state index in [1.807, 2.05) is 18.2 Å². The highest BCUT2D eigenvalue weighted by Crippen LogP contribution is 2.19. The van der Waals surface area contributed by atoms with Crippen LogP contribution in [0.1, 0.15) is 23.9 Å². The van der Waals surface area contributed by atoms with Crippen LogP contribution in [0.15, 0.2) is 34.7 Å². The van der Waals surface area contributed by atoms with E-state index in [9.17, 15) is 4.79 Å². The normalized spacial score (nSPS) is 12.6. The number of hydrogen-bond donors (Lipinski definition) is 1. The van der Waals surface area contributed by atoms with Crippen LogP contribution < -0.4 is 0 Å². The predicted molar refractivity (Wildman–Crippen MR) is 62.8 cm³/mol. The molecule has 1 atom stereocenters. The Labute approximate surface area is 98.8 Å². The van der Waals surface area contributed by atoms with Crippen molar-refractivity contribution in [3.8, 4) is 0 Å². The van der Waals surface area contributed by atoms with Gasteiger partial charge >= 0.3 is 5.97 Å². The Morgan fingerprint density at radius 2 is 2.24 bits per heavy atom. The number of ether oxygens (including phenoxy) is 1. The molecule has 0 amide bonds. The molecule has 1 unspecified atom stereocenters. The zero-order valence-corrected chi connectivity index (χ0v) is 9.55. The molecule has 0 bridgehead atoms. The number of benzene rings is 1. The first-order valence-corrected chi connectivity index (χ1v) is 5.51. The zero-order valence-electron chi connectivity index (χ0n) is 9.55. The number of para-hydroxylation sites is 1. The van der Waals surface area contributed by atoms with Crippen LogP contribution in [0.2, 0.25) is 0 Å². The summed E-state index contributed by atoms with van der Waals surface area (Å²) in [6.45, 7) is 1.73. The molecular formula is C13H14O4. The van der Waals surface area contributed by atoms with Crippen molar-refractivity contribution in [3.63, 3.8) is 0 Å². The van der Waals surface area contributed by atoms with Gasteiger partial charge in [0.25, 0.3) is 0 Å². The minimum atomic E-state index is -0.498. The Morgan fingerprint density at radius 1 is 1.47 bits per heavy atom. The van der Waals surface area contributed by atoms with Crippen molar-refractivity contribution in [1.29, 1.82) is 0 Å². The van der Waals surface area contributed by atoms with Crippen LogP contribution >= 0.6 is 0 Å². The molecule has 0 aliphatic rings. The average molecular weight is 234 g/mol. The van der Waals surface area contributed by atoms with Crippen molar-refractivity contribution in [2.24, 2.45) is 0 Å². The number of carbonyl (C=O) groups excluding carboxylic acids is 1. The molecule has 1 aromatic carbocycles. The molecule has 1 heterocycles. The summed E-state index contributed by atoms with van der Waals surface area (Å²) in [6.07, 6.45) is 0.104. The first kappa shape index (κ1) is 11.7. The number of furan rings is 1. The van der Waals surface area contributed by atoms with Gasteiger partial charge in [0.15, 0.2) is 0 Å². The minimum absolute atomic E-state index is 0.00538. The second-order valence-electron chi connectivity index (χ2n) is 3.88. The summed E-state index contributed by atoms with van der Waals surface area (Å²) in [7, 11) is 0. The van der Waals surface area contributed by atoms with Gasteiger partial charge < -0.3 is 14.3 Å². The molecule has 90 valence electrons. The molecule has 0 spiro atoms. The second-order valence-corrected chi connectivity index (χ2v) is 3.88. The van der Waals surface area contributed by atoms with Crippen LogP contribution in [-0.2, 0) is 4.74 Å². The maximum absolute atomic E-state index is 11.7. The predicted octanol–water partition coefficient (Wildman–Crippen LogP) is 2.36. The Balaban J connectivity index is 2.13. The quantitative estimate of drug-likeness (QED) is 0.825. The Kier molecular flexibility index (Phi) is 3.44. The molecule has 0 aliphatic heterocycles. The first-order chi connectivity index (χ1) is 8.20. The van der Waals surface area contributed by atoms with Gasteiger partial charge in [0.1, 0.15) is 11.7 Å². The summed E-state index contributed by atoms with van der Waals surface area (Å²) in [4.78, 5) is 11.7. The Morgan fingerprint density at radius 3 is 2.94 bits per heavy atom. The summed E-state index contributed by atoms with van der Waals surface area (Å²) >= 11 is 0. The number of rotatable bonds is 4. The van der Waals surface area contributed by atoms with Gasteiger partial charge in [-0.3, -0.25) is 0 Å². The van der Waals surface area contributed by atoms with Gasteiger partial charge in [-0.2, -0.15) is 0 Å². The van der Waals surface area contributed by atoms with Gasteiger partial charge in [0, 0.05) is 18.4 Å². The summed E-state index contributed by atoms with van der Waals surface area (Å²) in [6, 6.07) is 9.04. The maximum Gasteiger partial charge on any atom is 0.374 e. The lowest BCUT2D eigenvalue weighted by Gasteiger charge is -2.09. The molecular weight excluding hydrogens is 220 g/mol. The topological polar surface area (TPSA) is 59.7 Å². The monoisotopic (exact) mass is 234 g/mol. The van der Waals surface area contributed by atoms with E-state index in [-0.39, 0.29) is 18.5 Å². The molecule has 0 saturated carbocycles. The fourth-order valence-corrected chi connectivity index (χ4v) is 1.56. The fourth-order valence-electron chi connectivity index (χ4n) is 1.56. The Bertz CT molecular complexity index is 482. The van der Waals surface area contributed by atoms with E-state index in [0.717, 1.165) is 5.39 Å². The number of esters is 1. The third kappa shape index (κ3) is 2.65. The standard InChI is InChI=1S/C13H14O4/c1-9(6-7-14)16-13(15)12-8-10-4-2-3-5-11(10)17-12/h2-5,8-9,14H,6-7H2,1H3. The molecule has 4 nitrogen and oxygen atoms in total. The van der Waals surface area contributed by atoms with E-state index in [1.54, 1.807) is 19.1 Å². The van der Waals surface area contributed by atoms with E-state index in [2.05, 4.69) is 0 Å². The second kappa shape index (κ2) is 5.01. The lowest BCUT2D eigenvalue weighted by molar-refractivity contribution is 0.0257. The van der Waals surface area contributed by atoms with Crippen molar-refractivity contribution in [1.82, 2.24) is 0 Å². The highest BCUT2D eigenvalue weighted by atomic mass is 16.6. The smallest absolute Gasteiger partial charge is 0.374 e. The molecule has 2 aromatic rings. The van der Waals surface area contributed by atoms with Crippen molar-refractivity contribution in [2.75, 3.05) is 6.61 Å². The summed E-state index contributed by atoms with van der Waals surface area (Å²) < 4.78 is 10.5. The maximum atomic E-state index is 11.7. The lowest BCUT2D eigenvalue weighted by atomic mass is 10.2. The van der Waals surface area contributed by atoms with E-state index in [0.29, 0.717) is 12.0 Å². The minimum Gasteiger partial charge on any atom is -0.457 e. The largest absolute Gasteiger partial charge is 0.457 e. The van der Waals surface area contributed by atoms with Crippen molar-refractivity contribution in [2.45, 2.75) is 19.4 Å². The molecule has 1 N–H and O–H groups in total. The average Bonchev–Trinajstić information content (AvgIpc) is 2.72. The van der Waals surface area contributed by atoms with Gasteiger partial charge in [-0.05, 0) is 19.1 Å². The molecule has 1 aromatic heterocycles. The van der Waals surface area contributed by atoms with Gasteiger partial charge in [-0.1, -0.05) is 18.2 Å². The van der Waals surface area contributed by atoms with E-state index in [1.165, 1.54) is 0 Å². The van der Waals surface area contributed by atoms with Crippen molar-refractivity contribution < 1.29 is 19.1 Å². The fraction of sp³-hybridized carbons (Fsp3) is 0.308. The van der Waals surface area contributed by atoms with Gasteiger partial charge in [-0.15, -0.1) is 0 Å². The molecule has 0 aliphatic carbocycles. The third-order valence-electron chi connectivity index (χ3n) is 2.47. The number of aliphatic hydroxyl groups excluding tert-OH is 1. The number of aliphatic hydroxyl groups is 1. The van der Waals surface area contributed by atoms with Gasteiger partial charge in [0.2, 0.25) is 5.76 Å². The van der Waals surface area contributed by atoms with E-state index < -0.39 is 5.97 Å². The molecule has 0 fully saturated rings. The van der Waals surface area contributed by atoms with Crippen LogP contribution in [0.25, 0.3) is 11.0 Å². The number of hydrogen-bond acceptors (Lipinski definition) is 4. The first-order valence-electron chi connectivity index (χ1n) is 5.51. The summed E-state index contributed by atoms with van der Waals surface area (Å²) in [5.41, 5.74) is 0.661. The van der Waals surface area contributed by atoms with Crippen LogP contribution in [0, 0.1) is 0 Å². The number of carbonyl (C=O) groups is 1. The number of fused-ring (bicyclic) bond motifs is 1. The van der Waals surface area contributed by atoms with E-state index in [4.69, 9.17) is 14.3 Å².